The van der Waals surface area contributed by atoms with E-state index in [1.165, 1.54) is 11.8 Å². The minimum atomic E-state index is -1.30. The number of carbonyl (C=O) groups excluding carboxylic acids is 2. The van der Waals surface area contributed by atoms with Gasteiger partial charge in [0.05, 0.1) is 21.9 Å². The van der Waals surface area contributed by atoms with Gasteiger partial charge >= 0.3 is 6.09 Å². The molecular formula is C23H27Cl2N5O4S. The summed E-state index contributed by atoms with van der Waals surface area (Å²) in [6.07, 6.45) is 2.77. The van der Waals surface area contributed by atoms with Crippen LogP contribution in [0.15, 0.2) is 34.3 Å². The highest BCUT2D eigenvalue weighted by atomic mass is 35.5. The van der Waals surface area contributed by atoms with Crippen LogP contribution in [0.1, 0.15) is 31.4 Å². The highest BCUT2D eigenvalue weighted by Crippen LogP contribution is 2.37. The van der Waals surface area contributed by atoms with Crippen molar-refractivity contribution in [2.75, 3.05) is 31.2 Å². The van der Waals surface area contributed by atoms with E-state index in [2.05, 4.69) is 10.3 Å². The first kappa shape index (κ1) is 25.8. The molecule has 0 radical (unpaired) electrons. The number of primary amides is 1. The molecule has 0 atom stereocenters. The van der Waals surface area contributed by atoms with Gasteiger partial charge in [0.15, 0.2) is 5.60 Å². The number of rotatable bonds is 6. The van der Waals surface area contributed by atoms with Gasteiger partial charge in [0, 0.05) is 50.1 Å². The number of piperidine rings is 1. The van der Waals surface area contributed by atoms with Crippen molar-refractivity contribution in [2.24, 2.45) is 5.73 Å². The molecule has 2 aromatic rings. The number of benzene rings is 1. The molecule has 0 bridgehead atoms. The van der Waals surface area contributed by atoms with Gasteiger partial charge in [-0.25, -0.2) is 14.8 Å². The zero-order valence-corrected chi connectivity index (χ0v) is 21.6. The molecule has 2 saturated heterocycles. The Balaban J connectivity index is 1.44. The van der Waals surface area contributed by atoms with Gasteiger partial charge in [-0.1, -0.05) is 41.0 Å². The van der Waals surface area contributed by atoms with Gasteiger partial charge in [-0.05, 0) is 31.9 Å². The summed E-state index contributed by atoms with van der Waals surface area (Å²) in [5.74, 6) is 0.372. The van der Waals surface area contributed by atoms with Crippen LogP contribution in [-0.4, -0.2) is 59.9 Å². The van der Waals surface area contributed by atoms with Gasteiger partial charge in [-0.3, -0.25) is 4.79 Å². The molecule has 0 unspecified atom stereocenters. The smallest absolute Gasteiger partial charge is 0.405 e. The average Bonchev–Trinajstić information content (AvgIpc) is 2.84. The van der Waals surface area contributed by atoms with E-state index in [0.717, 1.165) is 28.5 Å². The van der Waals surface area contributed by atoms with Gasteiger partial charge in [0.1, 0.15) is 10.8 Å². The van der Waals surface area contributed by atoms with Crippen LogP contribution in [0.25, 0.3) is 0 Å². The molecule has 35 heavy (non-hydrogen) atoms. The number of ether oxygens (including phenoxy) is 2. The number of hydrogen-bond donors (Lipinski definition) is 2. The first-order chi connectivity index (χ1) is 16.8. The van der Waals surface area contributed by atoms with Gasteiger partial charge < -0.3 is 25.4 Å². The summed E-state index contributed by atoms with van der Waals surface area (Å²) < 4.78 is 10.8. The van der Waals surface area contributed by atoms with Gasteiger partial charge in [-0.2, -0.15) is 0 Å². The summed E-state index contributed by atoms with van der Waals surface area (Å²) in [5, 5.41) is 4.69. The Labute approximate surface area is 218 Å². The van der Waals surface area contributed by atoms with Crippen LogP contribution in [0.5, 0.6) is 0 Å². The Morgan fingerprint density at radius 2 is 1.97 bits per heavy atom. The number of carbonyl (C=O) groups is 2. The van der Waals surface area contributed by atoms with Gasteiger partial charge in [-0.15, -0.1) is 0 Å². The number of anilines is 1. The zero-order chi connectivity index (χ0) is 25.0. The molecule has 3 heterocycles. The van der Waals surface area contributed by atoms with Crippen LogP contribution in [0.2, 0.25) is 10.0 Å². The Kier molecular flexibility index (Phi) is 8.26. The van der Waals surface area contributed by atoms with E-state index in [9.17, 15) is 9.59 Å². The van der Waals surface area contributed by atoms with E-state index in [1.54, 1.807) is 12.3 Å². The Bertz CT molecular complexity index is 1090. The molecule has 1 aromatic carbocycles. The SMILES string of the molecule is Cc1nc(N2CCC(OC(N)=O)(C(=O)NC3CCOCC3)CC2)cnc1Sc1cccc(Cl)c1Cl. The molecule has 0 saturated carbocycles. The average molecular weight is 540 g/mol. The molecular weight excluding hydrogens is 513 g/mol. The van der Waals surface area contributed by atoms with Crippen molar-refractivity contribution in [1.29, 1.82) is 0 Å². The molecule has 1 aromatic heterocycles. The summed E-state index contributed by atoms with van der Waals surface area (Å²) in [5.41, 5.74) is 4.77. The van der Waals surface area contributed by atoms with Crippen molar-refractivity contribution in [3.63, 3.8) is 0 Å². The largest absolute Gasteiger partial charge is 0.433 e. The highest BCUT2D eigenvalue weighted by Gasteiger charge is 2.46. The molecule has 188 valence electrons. The molecule has 0 aliphatic carbocycles. The van der Waals surface area contributed by atoms with Gasteiger partial charge in [0.25, 0.3) is 5.91 Å². The van der Waals surface area contributed by atoms with E-state index in [0.29, 0.717) is 55.0 Å². The Morgan fingerprint density at radius 3 is 2.63 bits per heavy atom. The summed E-state index contributed by atoms with van der Waals surface area (Å²) in [6, 6.07) is 5.44. The maximum atomic E-state index is 13.1. The van der Waals surface area contributed by atoms with Crippen molar-refractivity contribution in [3.8, 4) is 0 Å². The fraction of sp³-hybridized carbons (Fsp3) is 0.478. The predicted molar refractivity (Wildman–Crippen MR) is 134 cm³/mol. The molecule has 2 aliphatic rings. The van der Waals surface area contributed by atoms with E-state index in [-0.39, 0.29) is 11.9 Å². The number of aromatic nitrogens is 2. The molecule has 9 nitrogen and oxygen atoms in total. The number of amides is 2. The number of nitrogens with two attached hydrogens (primary N) is 1. The minimum absolute atomic E-state index is 0.00538. The van der Waals surface area contributed by atoms with Crippen molar-refractivity contribution in [3.05, 3.63) is 40.1 Å². The summed E-state index contributed by atoms with van der Waals surface area (Å²) in [6.45, 7) is 3.98. The van der Waals surface area contributed by atoms with Crippen molar-refractivity contribution < 1.29 is 19.1 Å². The third-order valence-electron chi connectivity index (χ3n) is 6.17. The standard InChI is InChI=1S/C23H27Cl2N5O4S/c1-14-20(35-17-4-2-3-16(24)19(17)25)27-13-18(28-14)30-9-7-23(8-10-30,34-22(26)32)21(31)29-15-5-11-33-12-6-15/h2-4,13,15H,5-12H2,1H3,(H2,26,32)(H,29,31). The lowest BCUT2D eigenvalue weighted by atomic mass is 9.89. The van der Waals surface area contributed by atoms with Crippen molar-refractivity contribution in [1.82, 2.24) is 15.3 Å². The first-order valence-corrected chi connectivity index (χ1v) is 12.9. The maximum absolute atomic E-state index is 13.1. The maximum Gasteiger partial charge on any atom is 0.405 e. The number of halogens is 2. The van der Waals surface area contributed by atoms with Crippen molar-refractivity contribution >= 4 is 52.8 Å². The summed E-state index contributed by atoms with van der Waals surface area (Å²) >= 11 is 13.8. The lowest BCUT2D eigenvalue weighted by Crippen LogP contribution is -2.59. The lowest BCUT2D eigenvalue weighted by Gasteiger charge is -2.40. The minimum Gasteiger partial charge on any atom is -0.433 e. The normalized spacial score (nSPS) is 18.2. The second-order valence-electron chi connectivity index (χ2n) is 8.54. The quantitative estimate of drug-likeness (QED) is 0.565. The van der Waals surface area contributed by atoms with E-state index >= 15 is 0 Å². The molecule has 2 amide bonds. The number of nitrogens with zero attached hydrogens (tertiary/aromatic N) is 3. The Hall–Kier alpha value is -2.27. The molecule has 12 heteroatoms. The van der Waals surface area contributed by atoms with E-state index in [4.69, 9.17) is 43.4 Å². The predicted octanol–water partition coefficient (Wildman–Crippen LogP) is 3.97. The Morgan fingerprint density at radius 1 is 1.26 bits per heavy atom. The second kappa shape index (κ2) is 11.2. The number of nitrogens with one attached hydrogen (secondary N) is 1. The fourth-order valence-electron chi connectivity index (χ4n) is 4.20. The monoisotopic (exact) mass is 539 g/mol. The number of hydrogen-bond acceptors (Lipinski definition) is 8. The van der Waals surface area contributed by atoms with Crippen LogP contribution in [-0.2, 0) is 14.3 Å². The zero-order valence-electron chi connectivity index (χ0n) is 19.3. The molecule has 4 rings (SSSR count). The van der Waals surface area contributed by atoms with Crippen LogP contribution in [0.3, 0.4) is 0 Å². The van der Waals surface area contributed by atoms with E-state index < -0.39 is 11.7 Å². The topological polar surface area (TPSA) is 120 Å². The third kappa shape index (κ3) is 6.11. The van der Waals surface area contributed by atoms with Crippen LogP contribution >= 0.6 is 35.0 Å². The van der Waals surface area contributed by atoms with Crippen LogP contribution in [0, 0.1) is 6.92 Å². The van der Waals surface area contributed by atoms with Crippen LogP contribution in [0.4, 0.5) is 10.6 Å². The second-order valence-corrected chi connectivity index (χ2v) is 10.4. The lowest BCUT2D eigenvalue weighted by molar-refractivity contribution is -0.143. The molecule has 2 fully saturated rings. The van der Waals surface area contributed by atoms with E-state index in [1.807, 2.05) is 24.0 Å². The van der Waals surface area contributed by atoms with Crippen LogP contribution < -0.4 is 16.0 Å². The third-order valence-corrected chi connectivity index (χ3v) is 8.26. The highest BCUT2D eigenvalue weighted by molar-refractivity contribution is 7.99. The van der Waals surface area contributed by atoms with Crippen molar-refractivity contribution in [2.45, 2.75) is 54.2 Å². The number of aryl methyl sites for hydroxylation is 1. The molecule has 0 spiro atoms. The molecule has 3 N–H and O–H groups in total. The fourth-order valence-corrected chi connectivity index (χ4v) is 5.53. The van der Waals surface area contributed by atoms with Gasteiger partial charge in [0.2, 0.25) is 0 Å². The molecule has 2 aliphatic heterocycles. The summed E-state index contributed by atoms with van der Waals surface area (Å²) in [4.78, 5) is 36.9. The first-order valence-electron chi connectivity index (χ1n) is 11.3. The summed E-state index contributed by atoms with van der Waals surface area (Å²) in [7, 11) is 0.